The maximum absolute atomic E-state index is 12.7. The molecule has 5 heteroatoms. The molecule has 0 saturated carbocycles. The normalized spacial score (nSPS) is 17.1. The van der Waals surface area contributed by atoms with Crippen molar-refractivity contribution >= 4 is 5.91 Å². The third-order valence-corrected chi connectivity index (χ3v) is 4.03. The lowest BCUT2D eigenvalue weighted by Gasteiger charge is -2.24. The van der Waals surface area contributed by atoms with E-state index in [1.807, 2.05) is 41.6 Å². The van der Waals surface area contributed by atoms with E-state index in [0.717, 1.165) is 24.2 Å². The largest absolute Gasteiger partial charge is 0.381 e. The highest BCUT2D eigenvalue weighted by Crippen LogP contribution is 2.19. The average molecular weight is 311 g/mol. The Kier molecular flexibility index (Phi) is 5.32. The standard InChI is InChI=1S/C18H21N3O2/c22-18(9-15-5-8-23-14-15)21(12-16-3-1-6-19-10-16)13-17-4-2-7-20-11-17/h1-4,6-7,10-11,15H,5,8-9,12-14H2. The number of carbonyl (C=O) groups is 1. The van der Waals surface area contributed by atoms with E-state index in [4.69, 9.17) is 4.74 Å². The Bertz CT molecular complexity index is 571. The van der Waals surface area contributed by atoms with Crippen LogP contribution in [0, 0.1) is 5.92 Å². The third kappa shape index (κ3) is 4.60. The highest BCUT2D eigenvalue weighted by Gasteiger charge is 2.23. The molecule has 1 amide bonds. The second-order valence-corrected chi connectivity index (χ2v) is 5.91. The van der Waals surface area contributed by atoms with Crippen molar-refractivity contribution in [1.29, 1.82) is 0 Å². The Hall–Kier alpha value is -2.27. The van der Waals surface area contributed by atoms with Gasteiger partial charge in [-0.25, -0.2) is 0 Å². The summed E-state index contributed by atoms with van der Waals surface area (Å²) in [5.74, 6) is 0.501. The van der Waals surface area contributed by atoms with Crippen LogP contribution >= 0.6 is 0 Å². The smallest absolute Gasteiger partial charge is 0.223 e. The second-order valence-electron chi connectivity index (χ2n) is 5.91. The summed E-state index contributed by atoms with van der Waals surface area (Å²) in [6.07, 6.45) is 8.61. The van der Waals surface area contributed by atoms with Crippen LogP contribution in [-0.2, 0) is 22.6 Å². The quantitative estimate of drug-likeness (QED) is 0.822. The lowest BCUT2D eigenvalue weighted by Crippen LogP contribution is -2.31. The van der Waals surface area contributed by atoms with Gasteiger partial charge in [-0.2, -0.15) is 0 Å². The molecule has 2 aromatic rings. The van der Waals surface area contributed by atoms with Gasteiger partial charge < -0.3 is 9.64 Å². The van der Waals surface area contributed by atoms with Crippen molar-refractivity contribution in [3.8, 4) is 0 Å². The summed E-state index contributed by atoms with van der Waals surface area (Å²) >= 11 is 0. The van der Waals surface area contributed by atoms with Crippen LogP contribution in [0.1, 0.15) is 24.0 Å². The SMILES string of the molecule is O=C(CC1CCOC1)N(Cc1cccnc1)Cc1cccnc1. The lowest BCUT2D eigenvalue weighted by atomic mass is 10.0. The van der Waals surface area contributed by atoms with E-state index >= 15 is 0 Å². The summed E-state index contributed by atoms with van der Waals surface area (Å²) in [6, 6.07) is 7.78. The van der Waals surface area contributed by atoms with E-state index in [0.29, 0.717) is 32.0 Å². The van der Waals surface area contributed by atoms with E-state index in [-0.39, 0.29) is 5.91 Å². The lowest BCUT2D eigenvalue weighted by molar-refractivity contribution is -0.133. The first-order chi connectivity index (χ1) is 11.3. The molecule has 0 aliphatic carbocycles. The number of nitrogens with zero attached hydrogens (tertiary/aromatic N) is 3. The van der Waals surface area contributed by atoms with Crippen molar-refractivity contribution < 1.29 is 9.53 Å². The minimum absolute atomic E-state index is 0.160. The fraction of sp³-hybridized carbons (Fsp3) is 0.389. The predicted octanol–water partition coefficient (Wildman–Crippen LogP) is 2.43. The number of aromatic nitrogens is 2. The minimum Gasteiger partial charge on any atom is -0.381 e. The van der Waals surface area contributed by atoms with E-state index in [1.54, 1.807) is 12.4 Å². The van der Waals surface area contributed by atoms with Gasteiger partial charge in [0.15, 0.2) is 0 Å². The summed E-state index contributed by atoms with van der Waals surface area (Å²) in [7, 11) is 0. The molecule has 0 aromatic carbocycles. The monoisotopic (exact) mass is 311 g/mol. The van der Waals surface area contributed by atoms with Crippen LogP contribution in [0.3, 0.4) is 0 Å². The number of rotatable bonds is 6. The van der Waals surface area contributed by atoms with E-state index in [2.05, 4.69) is 9.97 Å². The predicted molar refractivity (Wildman–Crippen MR) is 86.3 cm³/mol. The highest BCUT2D eigenvalue weighted by atomic mass is 16.5. The zero-order valence-corrected chi connectivity index (χ0v) is 13.1. The van der Waals surface area contributed by atoms with Crippen LogP contribution in [-0.4, -0.2) is 34.0 Å². The Labute approximate surface area is 136 Å². The fourth-order valence-corrected chi connectivity index (χ4v) is 2.78. The molecule has 0 radical (unpaired) electrons. The Balaban J connectivity index is 1.70. The van der Waals surface area contributed by atoms with Gasteiger partial charge in [0.2, 0.25) is 5.91 Å². The molecule has 1 atom stereocenters. The summed E-state index contributed by atoms with van der Waals surface area (Å²) in [5, 5.41) is 0. The van der Waals surface area contributed by atoms with Gasteiger partial charge in [0.1, 0.15) is 0 Å². The molecule has 1 aliphatic heterocycles. The Morgan fingerprint density at radius 1 is 1.13 bits per heavy atom. The number of hydrogen-bond donors (Lipinski definition) is 0. The van der Waals surface area contributed by atoms with E-state index in [9.17, 15) is 4.79 Å². The highest BCUT2D eigenvalue weighted by molar-refractivity contribution is 5.76. The van der Waals surface area contributed by atoms with Crippen molar-refractivity contribution in [2.75, 3.05) is 13.2 Å². The molecule has 3 heterocycles. The molecule has 0 N–H and O–H groups in total. The van der Waals surface area contributed by atoms with Gasteiger partial charge in [0.25, 0.3) is 0 Å². The van der Waals surface area contributed by atoms with Gasteiger partial charge in [-0.3, -0.25) is 14.8 Å². The third-order valence-electron chi connectivity index (χ3n) is 4.03. The van der Waals surface area contributed by atoms with E-state index < -0.39 is 0 Å². The van der Waals surface area contributed by atoms with Crippen molar-refractivity contribution in [3.63, 3.8) is 0 Å². The van der Waals surface area contributed by atoms with Crippen molar-refractivity contribution in [1.82, 2.24) is 14.9 Å². The summed E-state index contributed by atoms with van der Waals surface area (Å²) in [4.78, 5) is 22.9. The number of carbonyl (C=O) groups excluding carboxylic acids is 1. The molecule has 5 nitrogen and oxygen atoms in total. The summed E-state index contributed by atoms with van der Waals surface area (Å²) in [5.41, 5.74) is 2.07. The van der Waals surface area contributed by atoms with Gasteiger partial charge in [-0.05, 0) is 35.6 Å². The molecular weight excluding hydrogens is 290 g/mol. The van der Waals surface area contributed by atoms with Crippen LogP contribution in [0.25, 0.3) is 0 Å². The molecule has 1 aliphatic rings. The molecule has 120 valence electrons. The van der Waals surface area contributed by atoms with Gasteiger partial charge in [0, 0.05) is 57.5 Å². The summed E-state index contributed by atoms with van der Waals surface area (Å²) < 4.78 is 5.38. The zero-order chi connectivity index (χ0) is 15.9. The molecule has 0 spiro atoms. The van der Waals surface area contributed by atoms with Crippen molar-refractivity contribution in [2.24, 2.45) is 5.92 Å². The van der Waals surface area contributed by atoms with Gasteiger partial charge in [-0.15, -0.1) is 0 Å². The molecule has 23 heavy (non-hydrogen) atoms. The van der Waals surface area contributed by atoms with Crippen LogP contribution in [0.4, 0.5) is 0 Å². The number of hydrogen-bond acceptors (Lipinski definition) is 4. The van der Waals surface area contributed by atoms with Crippen LogP contribution in [0.15, 0.2) is 49.1 Å². The first kappa shape index (κ1) is 15.6. The van der Waals surface area contributed by atoms with Crippen LogP contribution in [0.2, 0.25) is 0 Å². The maximum Gasteiger partial charge on any atom is 0.223 e. The minimum atomic E-state index is 0.160. The molecule has 1 fully saturated rings. The van der Waals surface area contributed by atoms with Crippen LogP contribution < -0.4 is 0 Å². The number of ether oxygens (including phenoxy) is 1. The molecule has 0 bridgehead atoms. The van der Waals surface area contributed by atoms with E-state index in [1.165, 1.54) is 0 Å². The maximum atomic E-state index is 12.7. The molecule has 2 aromatic heterocycles. The molecule has 3 rings (SSSR count). The summed E-state index contributed by atoms with van der Waals surface area (Å²) in [6.45, 7) is 2.59. The molecule has 1 unspecified atom stereocenters. The van der Waals surface area contributed by atoms with Crippen molar-refractivity contribution in [3.05, 3.63) is 60.2 Å². The zero-order valence-electron chi connectivity index (χ0n) is 13.1. The molecular formula is C18H21N3O2. The van der Waals surface area contributed by atoms with Gasteiger partial charge in [-0.1, -0.05) is 12.1 Å². The average Bonchev–Trinajstić information content (AvgIpc) is 3.09. The second kappa shape index (κ2) is 7.83. The Morgan fingerprint density at radius 2 is 1.78 bits per heavy atom. The first-order valence-corrected chi connectivity index (χ1v) is 7.94. The van der Waals surface area contributed by atoms with Crippen LogP contribution in [0.5, 0.6) is 0 Å². The van der Waals surface area contributed by atoms with Gasteiger partial charge >= 0.3 is 0 Å². The topological polar surface area (TPSA) is 55.3 Å². The fourth-order valence-electron chi connectivity index (χ4n) is 2.78. The molecule has 1 saturated heterocycles. The van der Waals surface area contributed by atoms with Gasteiger partial charge in [0.05, 0.1) is 0 Å². The Morgan fingerprint density at radius 3 is 2.26 bits per heavy atom. The first-order valence-electron chi connectivity index (χ1n) is 7.94. The number of pyridine rings is 2. The number of amides is 1. The van der Waals surface area contributed by atoms with Crippen molar-refractivity contribution in [2.45, 2.75) is 25.9 Å².